The van der Waals surface area contributed by atoms with Crippen molar-refractivity contribution in [2.24, 2.45) is 0 Å². The average molecular weight is 514 g/mol. The lowest BCUT2D eigenvalue weighted by atomic mass is 10.1. The quantitative estimate of drug-likeness (QED) is 0.399. The Morgan fingerprint density at radius 2 is 1.64 bits per heavy atom. The minimum absolute atomic E-state index is 0.0425. The Balaban J connectivity index is 1.81. The van der Waals surface area contributed by atoms with Crippen LogP contribution >= 0.6 is 0 Å². The van der Waals surface area contributed by atoms with Gasteiger partial charge in [0.05, 0.1) is 32.7 Å². The summed E-state index contributed by atoms with van der Waals surface area (Å²) in [5, 5.41) is 2.77. The maximum absolute atomic E-state index is 13.5. The van der Waals surface area contributed by atoms with Crippen LogP contribution in [0.5, 0.6) is 5.75 Å². The molecule has 0 bridgehead atoms. The number of nitrogens with zero attached hydrogens (tertiary/aromatic N) is 2. The van der Waals surface area contributed by atoms with Crippen molar-refractivity contribution in [3.63, 3.8) is 0 Å². The van der Waals surface area contributed by atoms with Crippen molar-refractivity contribution in [1.29, 1.82) is 0 Å². The molecular formula is C26H31N3O6S. The Bertz CT molecular complexity index is 1230. The first kappa shape index (κ1) is 27.0. The lowest BCUT2D eigenvalue weighted by molar-refractivity contribution is -0.140. The van der Waals surface area contributed by atoms with Crippen molar-refractivity contribution >= 4 is 21.8 Å². The highest BCUT2D eigenvalue weighted by molar-refractivity contribution is 7.88. The number of benzene rings is 2. The fourth-order valence-corrected chi connectivity index (χ4v) is 4.29. The molecule has 0 aliphatic carbocycles. The molecular weight excluding hydrogens is 482 g/mol. The first-order valence-corrected chi connectivity index (χ1v) is 13.2. The second-order valence-corrected chi connectivity index (χ2v) is 10.3. The molecule has 1 heterocycles. The number of carbonyl (C=O) groups is 2. The molecule has 1 atom stereocenters. The third-order valence-corrected chi connectivity index (χ3v) is 6.87. The molecule has 36 heavy (non-hydrogen) atoms. The summed E-state index contributed by atoms with van der Waals surface area (Å²) >= 11 is 0. The van der Waals surface area contributed by atoms with Gasteiger partial charge in [0.1, 0.15) is 17.6 Å². The number of furan rings is 1. The van der Waals surface area contributed by atoms with Crippen LogP contribution in [0.1, 0.15) is 23.8 Å². The molecule has 192 valence electrons. The van der Waals surface area contributed by atoms with Crippen LogP contribution in [0.2, 0.25) is 0 Å². The molecule has 0 radical (unpaired) electrons. The lowest BCUT2D eigenvalue weighted by Gasteiger charge is -2.31. The molecule has 9 nitrogen and oxygen atoms in total. The topological polar surface area (TPSA) is 109 Å². The fraction of sp³-hybridized carbons (Fsp3) is 0.308. The van der Waals surface area contributed by atoms with Gasteiger partial charge >= 0.3 is 0 Å². The number of hydrogen-bond donors (Lipinski definition) is 1. The first-order valence-electron chi connectivity index (χ1n) is 11.4. The average Bonchev–Trinajstić information content (AvgIpc) is 3.39. The van der Waals surface area contributed by atoms with Gasteiger partial charge in [-0.25, -0.2) is 8.42 Å². The van der Waals surface area contributed by atoms with Crippen LogP contribution in [-0.2, 0) is 39.2 Å². The van der Waals surface area contributed by atoms with Crippen LogP contribution < -0.4 is 10.1 Å². The smallest absolute Gasteiger partial charge is 0.242 e. The van der Waals surface area contributed by atoms with E-state index < -0.39 is 28.5 Å². The van der Waals surface area contributed by atoms with E-state index in [4.69, 9.17) is 9.15 Å². The maximum Gasteiger partial charge on any atom is 0.242 e. The Hall–Kier alpha value is -3.63. The summed E-state index contributed by atoms with van der Waals surface area (Å²) in [6, 6.07) is 18.7. The molecule has 0 aliphatic rings. The molecule has 0 spiro atoms. The molecule has 3 aromatic rings. The Kier molecular flexibility index (Phi) is 9.26. The second kappa shape index (κ2) is 12.4. The van der Waals surface area contributed by atoms with Crippen molar-refractivity contribution in [1.82, 2.24) is 14.5 Å². The van der Waals surface area contributed by atoms with Gasteiger partial charge in [-0.1, -0.05) is 42.5 Å². The summed E-state index contributed by atoms with van der Waals surface area (Å²) in [6.07, 6.45) is 2.58. The van der Waals surface area contributed by atoms with Gasteiger partial charge < -0.3 is 19.4 Å². The first-order chi connectivity index (χ1) is 17.2. The Morgan fingerprint density at radius 1 is 0.972 bits per heavy atom. The van der Waals surface area contributed by atoms with Crippen LogP contribution in [-0.4, -0.2) is 55.4 Å². The van der Waals surface area contributed by atoms with Gasteiger partial charge in [-0.2, -0.15) is 4.31 Å². The van der Waals surface area contributed by atoms with E-state index in [1.54, 1.807) is 74.7 Å². The van der Waals surface area contributed by atoms with Gasteiger partial charge in [0.25, 0.3) is 0 Å². The molecule has 0 aliphatic heterocycles. The standard InChI is InChI=1S/C26H31N3O6S/c1-20(26(31)27-16-24-10-7-15-35-24)29(18-22-11-13-23(34-2)14-12-22)25(30)19-28(36(3,32)33)17-21-8-5-4-6-9-21/h4-15,20H,16-19H2,1-3H3,(H,27,31)/t20-/m0/s1. The number of sulfonamides is 1. The zero-order valence-corrected chi connectivity index (χ0v) is 21.4. The van der Waals surface area contributed by atoms with E-state index in [0.29, 0.717) is 11.5 Å². The summed E-state index contributed by atoms with van der Waals surface area (Å²) < 4.78 is 36.6. The summed E-state index contributed by atoms with van der Waals surface area (Å²) in [5.41, 5.74) is 1.52. The zero-order chi connectivity index (χ0) is 26.1. The zero-order valence-electron chi connectivity index (χ0n) is 20.6. The van der Waals surface area contributed by atoms with E-state index in [1.165, 1.54) is 11.2 Å². The molecule has 2 aromatic carbocycles. The van der Waals surface area contributed by atoms with Gasteiger partial charge in [0.2, 0.25) is 21.8 Å². The van der Waals surface area contributed by atoms with Crippen LogP contribution in [0.15, 0.2) is 77.4 Å². The molecule has 0 unspecified atom stereocenters. The number of rotatable bonds is 12. The van der Waals surface area contributed by atoms with E-state index in [0.717, 1.165) is 21.7 Å². The second-order valence-electron chi connectivity index (χ2n) is 8.36. The van der Waals surface area contributed by atoms with E-state index in [2.05, 4.69) is 5.32 Å². The minimum Gasteiger partial charge on any atom is -0.497 e. The maximum atomic E-state index is 13.5. The predicted octanol–water partition coefficient (Wildman–Crippen LogP) is 2.78. The summed E-state index contributed by atoms with van der Waals surface area (Å²) in [4.78, 5) is 27.8. The predicted molar refractivity (Wildman–Crippen MR) is 135 cm³/mol. The summed E-state index contributed by atoms with van der Waals surface area (Å²) in [7, 11) is -2.14. The van der Waals surface area contributed by atoms with Gasteiger partial charge in [0.15, 0.2) is 0 Å². The number of nitrogens with one attached hydrogen (secondary N) is 1. The van der Waals surface area contributed by atoms with Crippen molar-refractivity contribution < 1.29 is 27.2 Å². The van der Waals surface area contributed by atoms with E-state index in [1.807, 2.05) is 6.07 Å². The monoisotopic (exact) mass is 513 g/mol. The van der Waals surface area contributed by atoms with Gasteiger partial charge in [-0.05, 0) is 42.3 Å². The molecule has 3 rings (SSSR count). The molecule has 0 fully saturated rings. The highest BCUT2D eigenvalue weighted by Gasteiger charge is 2.30. The third-order valence-electron chi connectivity index (χ3n) is 5.68. The molecule has 0 saturated carbocycles. The van der Waals surface area contributed by atoms with Crippen LogP contribution in [0.4, 0.5) is 0 Å². The number of hydrogen-bond acceptors (Lipinski definition) is 6. The van der Waals surface area contributed by atoms with Crippen molar-refractivity contribution in [3.05, 3.63) is 89.9 Å². The number of ether oxygens (including phenoxy) is 1. The molecule has 1 N–H and O–H groups in total. The van der Waals surface area contributed by atoms with Gasteiger partial charge in [0, 0.05) is 13.1 Å². The van der Waals surface area contributed by atoms with Crippen molar-refractivity contribution in [3.8, 4) is 5.75 Å². The SMILES string of the molecule is COc1ccc(CN(C(=O)CN(Cc2ccccc2)S(C)(=O)=O)[C@@H](C)C(=O)NCc2ccco2)cc1. The Labute approximate surface area is 211 Å². The highest BCUT2D eigenvalue weighted by atomic mass is 32.2. The molecule has 10 heteroatoms. The van der Waals surface area contributed by atoms with Gasteiger partial charge in [-0.3, -0.25) is 9.59 Å². The van der Waals surface area contributed by atoms with Crippen LogP contribution in [0, 0.1) is 0 Å². The molecule has 1 aromatic heterocycles. The number of carbonyl (C=O) groups excluding carboxylic acids is 2. The summed E-state index contributed by atoms with van der Waals surface area (Å²) in [6.45, 7) is 1.53. The third kappa shape index (κ3) is 7.69. The lowest BCUT2D eigenvalue weighted by Crippen LogP contribution is -2.50. The van der Waals surface area contributed by atoms with Crippen molar-refractivity contribution in [2.45, 2.75) is 32.6 Å². The molecule has 0 saturated heterocycles. The van der Waals surface area contributed by atoms with Gasteiger partial charge in [-0.15, -0.1) is 0 Å². The fourth-order valence-electron chi connectivity index (χ4n) is 3.56. The molecule has 2 amide bonds. The normalized spacial score (nSPS) is 12.2. The van der Waals surface area contributed by atoms with E-state index in [-0.39, 0.29) is 25.5 Å². The largest absolute Gasteiger partial charge is 0.497 e. The summed E-state index contributed by atoms with van der Waals surface area (Å²) in [5.74, 6) is 0.358. The highest BCUT2D eigenvalue weighted by Crippen LogP contribution is 2.16. The van der Waals surface area contributed by atoms with Crippen molar-refractivity contribution in [2.75, 3.05) is 19.9 Å². The van der Waals surface area contributed by atoms with Crippen LogP contribution in [0.25, 0.3) is 0 Å². The van der Waals surface area contributed by atoms with E-state index >= 15 is 0 Å². The van der Waals surface area contributed by atoms with E-state index in [9.17, 15) is 18.0 Å². The van der Waals surface area contributed by atoms with Crippen LogP contribution in [0.3, 0.4) is 0 Å². The Morgan fingerprint density at radius 3 is 2.22 bits per heavy atom. The number of methoxy groups -OCH3 is 1. The number of amides is 2. The minimum atomic E-state index is -3.70.